The molecule has 0 unspecified atom stereocenters. The van der Waals surface area contributed by atoms with Crippen molar-refractivity contribution in [2.24, 2.45) is 5.41 Å². The van der Waals surface area contributed by atoms with Gasteiger partial charge < -0.3 is 29.1 Å². The SMILES string of the molecule is COCCN1CCOc2c(Sc3cnc(N4CCC5(CCOC5)CC4)c(CO)n3)ccnc21.CS. The Morgan fingerprint density at radius 3 is 2.69 bits per heavy atom. The first-order chi connectivity index (χ1) is 17.2. The average molecular weight is 522 g/mol. The van der Waals surface area contributed by atoms with Crippen LogP contribution in [0.15, 0.2) is 28.4 Å². The molecule has 3 aliphatic rings. The predicted octanol–water partition coefficient (Wildman–Crippen LogP) is 2.91. The van der Waals surface area contributed by atoms with Gasteiger partial charge in [-0.15, -0.1) is 0 Å². The lowest BCUT2D eigenvalue weighted by atomic mass is 9.78. The van der Waals surface area contributed by atoms with Crippen LogP contribution in [0, 0.1) is 5.41 Å². The smallest absolute Gasteiger partial charge is 0.175 e. The highest BCUT2D eigenvalue weighted by Crippen LogP contribution is 2.42. The zero-order valence-electron chi connectivity index (χ0n) is 20.5. The largest absolute Gasteiger partial charge is 0.487 e. The van der Waals surface area contributed by atoms with Gasteiger partial charge in [0.15, 0.2) is 17.4 Å². The number of thiol groups is 1. The zero-order valence-corrected chi connectivity index (χ0v) is 22.2. The van der Waals surface area contributed by atoms with Gasteiger partial charge in [-0.25, -0.2) is 15.0 Å². The van der Waals surface area contributed by atoms with Crippen LogP contribution >= 0.6 is 24.4 Å². The van der Waals surface area contributed by atoms with Gasteiger partial charge in [0, 0.05) is 39.5 Å². The molecule has 0 amide bonds. The van der Waals surface area contributed by atoms with E-state index in [2.05, 4.69) is 27.4 Å². The van der Waals surface area contributed by atoms with Crippen LogP contribution in [0.25, 0.3) is 0 Å². The Morgan fingerprint density at radius 2 is 1.97 bits per heavy atom. The highest BCUT2D eigenvalue weighted by atomic mass is 32.2. The maximum absolute atomic E-state index is 10.0. The third-order valence-corrected chi connectivity index (χ3v) is 7.74. The van der Waals surface area contributed by atoms with Crippen LogP contribution in [0.1, 0.15) is 25.0 Å². The molecule has 5 heterocycles. The summed E-state index contributed by atoms with van der Waals surface area (Å²) in [5.41, 5.74) is 0.945. The Balaban J connectivity index is 0.00000141. The fourth-order valence-corrected chi connectivity index (χ4v) is 5.67. The molecule has 9 nitrogen and oxygen atoms in total. The van der Waals surface area contributed by atoms with Crippen molar-refractivity contribution in [3.05, 3.63) is 24.2 Å². The van der Waals surface area contributed by atoms with E-state index in [1.807, 2.05) is 6.07 Å². The third-order valence-electron chi connectivity index (χ3n) is 6.80. The van der Waals surface area contributed by atoms with Crippen LogP contribution < -0.4 is 14.5 Å². The summed E-state index contributed by atoms with van der Waals surface area (Å²) in [4.78, 5) is 19.4. The molecule has 1 spiro atoms. The summed E-state index contributed by atoms with van der Waals surface area (Å²) < 4.78 is 16.9. The van der Waals surface area contributed by atoms with Gasteiger partial charge >= 0.3 is 0 Å². The van der Waals surface area contributed by atoms with Gasteiger partial charge in [0.1, 0.15) is 17.3 Å². The second kappa shape index (κ2) is 12.4. The van der Waals surface area contributed by atoms with Gasteiger partial charge in [0.05, 0.1) is 37.5 Å². The Morgan fingerprint density at radius 1 is 1.14 bits per heavy atom. The topological polar surface area (TPSA) is 93.1 Å². The predicted molar refractivity (Wildman–Crippen MR) is 140 cm³/mol. The van der Waals surface area contributed by atoms with Crippen molar-refractivity contribution < 1.29 is 19.3 Å². The van der Waals surface area contributed by atoms with Crippen molar-refractivity contribution in [3.8, 4) is 5.75 Å². The van der Waals surface area contributed by atoms with Gasteiger partial charge in [0.25, 0.3) is 0 Å². The summed E-state index contributed by atoms with van der Waals surface area (Å²) in [6.07, 6.45) is 8.61. The first-order valence-corrected chi connectivity index (χ1v) is 13.7. The number of methoxy groups -OCH3 is 1. The molecule has 0 bridgehead atoms. The van der Waals surface area contributed by atoms with Crippen molar-refractivity contribution in [3.63, 3.8) is 0 Å². The number of anilines is 2. The number of ether oxygens (including phenoxy) is 3. The van der Waals surface area contributed by atoms with Crippen LogP contribution in [0.2, 0.25) is 0 Å². The van der Waals surface area contributed by atoms with E-state index < -0.39 is 0 Å². The van der Waals surface area contributed by atoms with Gasteiger partial charge in [-0.2, -0.15) is 12.6 Å². The highest BCUT2D eigenvalue weighted by molar-refractivity contribution is 7.99. The molecule has 3 aliphatic heterocycles. The molecular formula is C24H35N5O4S2. The van der Waals surface area contributed by atoms with E-state index >= 15 is 0 Å². The quantitative estimate of drug-likeness (QED) is 0.530. The van der Waals surface area contributed by atoms with Crippen molar-refractivity contribution in [1.82, 2.24) is 15.0 Å². The fourth-order valence-electron chi connectivity index (χ4n) is 4.82. The molecule has 0 atom stereocenters. The van der Waals surface area contributed by atoms with Crippen LogP contribution in [-0.2, 0) is 16.1 Å². The Labute approximate surface area is 217 Å². The number of aliphatic hydroxyl groups is 1. The molecule has 1 N–H and O–H groups in total. The average Bonchev–Trinajstić information content (AvgIpc) is 3.37. The van der Waals surface area contributed by atoms with Crippen LogP contribution in [0.4, 0.5) is 11.6 Å². The monoisotopic (exact) mass is 521 g/mol. The molecule has 0 aromatic carbocycles. The molecule has 5 rings (SSSR count). The molecule has 0 aliphatic carbocycles. The maximum Gasteiger partial charge on any atom is 0.175 e. The minimum absolute atomic E-state index is 0.142. The first kappa shape index (κ1) is 26.3. The third kappa shape index (κ3) is 5.96. The Hall–Kier alpha value is -1.79. The highest BCUT2D eigenvalue weighted by Gasteiger charge is 2.38. The first-order valence-electron chi connectivity index (χ1n) is 12.0. The van der Waals surface area contributed by atoms with Crippen molar-refractivity contribution in [2.45, 2.75) is 35.8 Å². The number of aromatic nitrogens is 3. The van der Waals surface area contributed by atoms with Crippen LogP contribution in [0.5, 0.6) is 5.75 Å². The molecule has 192 valence electrons. The summed E-state index contributed by atoms with van der Waals surface area (Å²) in [6.45, 7) is 6.22. The van der Waals surface area contributed by atoms with E-state index in [4.69, 9.17) is 24.2 Å². The van der Waals surface area contributed by atoms with Crippen LogP contribution in [-0.4, -0.2) is 86.0 Å². The lowest BCUT2D eigenvalue weighted by Crippen LogP contribution is -2.41. The van der Waals surface area contributed by atoms with E-state index in [-0.39, 0.29) is 6.61 Å². The summed E-state index contributed by atoms with van der Waals surface area (Å²) >= 11 is 5.01. The van der Waals surface area contributed by atoms with Crippen LogP contribution in [0.3, 0.4) is 0 Å². The van der Waals surface area contributed by atoms with Gasteiger partial charge in [0.2, 0.25) is 0 Å². The molecular weight excluding hydrogens is 486 g/mol. The molecule has 0 radical (unpaired) electrons. The van der Waals surface area contributed by atoms with E-state index in [0.717, 1.165) is 86.0 Å². The number of aliphatic hydroxyl groups excluding tert-OH is 1. The van der Waals surface area contributed by atoms with E-state index in [1.54, 1.807) is 25.8 Å². The number of nitrogens with zero attached hydrogens (tertiary/aromatic N) is 5. The standard InChI is InChI=1S/C23H31N5O4S.CH4S/c1-30-12-9-28-10-13-32-20-18(2-6-24-22(20)28)33-19-14-25-21(17(15-29)26-19)27-7-3-23(4-8-27)5-11-31-16-23;1-2/h2,6,14,29H,3-5,7-13,15-16H2,1H3;2H,1H3. The summed E-state index contributed by atoms with van der Waals surface area (Å²) in [5.74, 6) is 2.38. The lowest BCUT2D eigenvalue weighted by Gasteiger charge is -2.39. The number of hydrogen-bond donors (Lipinski definition) is 2. The number of rotatable bonds is 7. The Bertz CT molecular complexity index is 967. The molecule has 2 aromatic heterocycles. The lowest BCUT2D eigenvalue weighted by molar-refractivity contribution is 0.133. The summed E-state index contributed by atoms with van der Waals surface area (Å²) in [6, 6.07) is 1.94. The second-order valence-corrected chi connectivity index (χ2v) is 9.88. The number of hydrogen-bond acceptors (Lipinski definition) is 11. The molecule has 0 saturated carbocycles. The zero-order chi connectivity index (χ0) is 24.7. The Kier molecular flexibility index (Phi) is 9.34. The number of pyridine rings is 1. The van der Waals surface area contributed by atoms with E-state index in [9.17, 15) is 5.11 Å². The number of piperidine rings is 1. The van der Waals surface area contributed by atoms with Crippen molar-refractivity contribution in [2.75, 3.05) is 75.8 Å². The molecule has 2 saturated heterocycles. The van der Waals surface area contributed by atoms with Crippen molar-refractivity contribution >= 4 is 36.0 Å². The summed E-state index contributed by atoms with van der Waals surface area (Å²) in [5, 5.41) is 10.8. The number of fused-ring (bicyclic) bond motifs is 1. The van der Waals surface area contributed by atoms with Gasteiger partial charge in [-0.05, 0) is 37.0 Å². The van der Waals surface area contributed by atoms with E-state index in [0.29, 0.717) is 24.3 Å². The molecule has 11 heteroatoms. The molecule has 35 heavy (non-hydrogen) atoms. The summed E-state index contributed by atoms with van der Waals surface area (Å²) in [7, 11) is 1.70. The van der Waals surface area contributed by atoms with Crippen molar-refractivity contribution in [1.29, 1.82) is 0 Å². The fraction of sp³-hybridized carbons (Fsp3) is 0.625. The second-order valence-electron chi connectivity index (χ2n) is 8.82. The normalized spacial score (nSPS) is 18.6. The molecule has 2 fully saturated rings. The minimum atomic E-state index is -0.142. The van der Waals surface area contributed by atoms with Gasteiger partial charge in [-0.1, -0.05) is 11.8 Å². The minimum Gasteiger partial charge on any atom is -0.487 e. The van der Waals surface area contributed by atoms with Gasteiger partial charge in [-0.3, -0.25) is 0 Å². The maximum atomic E-state index is 10.0. The molecule has 2 aromatic rings. The van der Waals surface area contributed by atoms with E-state index in [1.165, 1.54) is 11.8 Å².